The number of rotatable bonds is 11. The third-order valence-electron chi connectivity index (χ3n) is 7.25. The normalized spacial score (nSPS) is 13.7. The lowest BCUT2D eigenvalue weighted by Gasteiger charge is -2.43. The molecule has 3 aromatic rings. The quantitative estimate of drug-likeness (QED) is 0.202. The summed E-state index contributed by atoms with van der Waals surface area (Å²) in [4.78, 5) is 15.8. The van der Waals surface area contributed by atoms with E-state index in [-0.39, 0.29) is 11.0 Å². The smallest absolute Gasteiger partial charge is 0.326 e. The first-order valence-corrected chi connectivity index (χ1v) is 15.7. The van der Waals surface area contributed by atoms with E-state index in [0.717, 1.165) is 22.4 Å². The summed E-state index contributed by atoms with van der Waals surface area (Å²) in [6, 6.07) is 27.6. The van der Waals surface area contributed by atoms with E-state index in [1.165, 1.54) is 7.11 Å². The van der Waals surface area contributed by atoms with Crippen LogP contribution in [-0.4, -0.2) is 39.4 Å². The van der Waals surface area contributed by atoms with Crippen molar-refractivity contribution >= 4 is 14.3 Å². The van der Waals surface area contributed by atoms with Gasteiger partial charge in [0.2, 0.25) is 0 Å². The van der Waals surface area contributed by atoms with Crippen LogP contribution in [0, 0.1) is 0 Å². The fourth-order valence-corrected chi connectivity index (χ4v) is 5.33. The zero-order chi connectivity index (χ0) is 27.1. The fourth-order valence-electron chi connectivity index (χ4n) is 4.08. The van der Waals surface area contributed by atoms with E-state index in [0.29, 0.717) is 13.1 Å². The van der Waals surface area contributed by atoms with E-state index in [4.69, 9.17) is 13.9 Å². The van der Waals surface area contributed by atoms with Crippen molar-refractivity contribution in [1.82, 2.24) is 4.90 Å². The van der Waals surface area contributed by atoms with Crippen molar-refractivity contribution in [2.45, 2.75) is 64.1 Å². The number of esters is 1. The van der Waals surface area contributed by atoms with E-state index in [1.54, 1.807) is 7.11 Å². The van der Waals surface area contributed by atoms with Crippen LogP contribution in [0.15, 0.2) is 84.9 Å². The summed E-state index contributed by atoms with van der Waals surface area (Å²) < 4.78 is 17.9. The average Bonchev–Trinajstić information content (AvgIpc) is 2.88. The van der Waals surface area contributed by atoms with Gasteiger partial charge in [0.05, 0.1) is 20.3 Å². The van der Waals surface area contributed by atoms with Crippen LogP contribution in [0.3, 0.4) is 0 Å². The minimum Gasteiger partial charge on any atom is -0.497 e. The van der Waals surface area contributed by atoms with Crippen molar-refractivity contribution in [2.24, 2.45) is 0 Å². The van der Waals surface area contributed by atoms with Crippen molar-refractivity contribution in [1.29, 1.82) is 0 Å². The third kappa shape index (κ3) is 7.54. The molecular weight excluding hydrogens is 478 g/mol. The Labute approximate surface area is 223 Å². The molecule has 198 valence electrons. The van der Waals surface area contributed by atoms with Gasteiger partial charge >= 0.3 is 5.97 Å². The lowest BCUT2D eigenvalue weighted by atomic mass is 9.99. The highest BCUT2D eigenvalue weighted by molar-refractivity contribution is 6.74. The van der Waals surface area contributed by atoms with Gasteiger partial charge in [-0.15, -0.1) is 0 Å². The molecule has 2 atom stereocenters. The summed E-state index contributed by atoms with van der Waals surface area (Å²) in [5.41, 5.74) is 3.16. The fraction of sp³-hybridized carbons (Fsp3) is 0.387. The third-order valence-corrected chi connectivity index (χ3v) is 11.7. The molecule has 3 aromatic carbocycles. The van der Waals surface area contributed by atoms with Crippen molar-refractivity contribution < 1.29 is 18.7 Å². The summed E-state index contributed by atoms with van der Waals surface area (Å²) >= 11 is 0. The maximum Gasteiger partial charge on any atom is 0.326 e. The van der Waals surface area contributed by atoms with E-state index >= 15 is 0 Å². The SMILES string of the molecule is COC(=O)[C@H]([C@@H](O[Si](C)(C)C(C)(C)C)c1ccc(OC)cc1)N(Cc1ccccc1)Cc1ccccc1. The Bertz CT molecular complexity index is 1070. The van der Waals surface area contributed by atoms with Gasteiger partial charge in [0, 0.05) is 13.1 Å². The van der Waals surface area contributed by atoms with Crippen LogP contribution in [0.2, 0.25) is 18.1 Å². The van der Waals surface area contributed by atoms with Crippen LogP contribution in [0.1, 0.15) is 43.6 Å². The Hall–Kier alpha value is -2.93. The number of carbonyl (C=O) groups excluding carboxylic acids is 1. The van der Waals surface area contributed by atoms with Gasteiger partial charge in [-0.2, -0.15) is 0 Å². The molecule has 0 aliphatic carbocycles. The maximum absolute atomic E-state index is 13.7. The zero-order valence-corrected chi connectivity index (χ0v) is 24.2. The first-order valence-electron chi connectivity index (χ1n) is 12.8. The van der Waals surface area contributed by atoms with Gasteiger partial charge in [-0.1, -0.05) is 93.6 Å². The minimum atomic E-state index is -2.29. The van der Waals surface area contributed by atoms with Crippen molar-refractivity contribution in [2.75, 3.05) is 14.2 Å². The highest BCUT2D eigenvalue weighted by atomic mass is 28.4. The van der Waals surface area contributed by atoms with E-state index < -0.39 is 20.5 Å². The maximum atomic E-state index is 13.7. The summed E-state index contributed by atoms with van der Waals surface area (Å²) in [6.45, 7) is 12.2. The second-order valence-corrected chi connectivity index (χ2v) is 15.7. The number of hydrogen-bond acceptors (Lipinski definition) is 5. The van der Waals surface area contributed by atoms with Gasteiger partial charge in [0.25, 0.3) is 0 Å². The lowest BCUT2D eigenvalue weighted by Crippen LogP contribution is -2.51. The second-order valence-electron chi connectivity index (χ2n) is 10.9. The van der Waals surface area contributed by atoms with Crippen LogP contribution < -0.4 is 4.74 Å². The van der Waals surface area contributed by atoms with Crippen molar-refractivity contribution in [3.63, 3.8) is 0 Å². The van der Waals surface area contributed by atoms with Gasteiger partial charge < -0.3 is 13.9 Å². The first-order chi connectivity index (χ1) is 17.6. The standard InChI is InChI=1S/C31H41NO4Si/c1-31(2,3)37(6,7)36-29(26-18-20-27(34-4)21-19-26)28(30(33)35-5)32(22-24-14-10-8-11-15-24)23-25-16-12-9-13-17-25/h8-21,28-29H,22-23H2,1-7H3/t28-,29-/m0/s1. The van der Waals surface area contributed by atoms with Crippen LogP contribution in [-0.2, 0) is 27.0 Å². The van der Waals surface area contributed by atoms with Gasteiger partial charge in [0.15, 0.2) is 8.32 Å². The van der Waals surface area contributed by atoms with Gasteiger partial charge in [-0.25, -0.2) is 0 Å². The van der Waals surface area contributed by atoms with Crippen molar-refractivity contribution in [3.8, 4) is 5.75 Å². The van der Waals surface area contributed by atoms with E-state index in [9.17, 15) is 4.79 Å². The molecule has 0 saturated heterocycles. The molecule has 0 aliphatic rings. The molecule has 0 aliphatic heterocycles. The minimum absolute atomic E-state index is 0.0396. The highest BCUT2D eigenvalue weighted by Gasteiger charge is 2.45. The number of carbonyl (C=O) groups is 1. The molecule has 0 bridgehead atoms. The Morgan fingerprint density at radius 1 is 0.811 bits per heavy atom. The predicted octanol–water partition coefficient (Wildman–Crippen LogP) is 7.00. The number of ether oxygens (including phenoxy) is 2. The van der Waals surface area contributed by atoms with E-state index in [1.807, 2.05) is 60.7 Å². The van der Waals surface area contributed by atoms with Crippen LogP contribution in [0.4, 0.5) is 0 Å². The molecule has 0 aromatic heterocycles. The topological polar surface area (TPSA) is 48.0 Å². The van der Waals surface area contributed by atoms with Crippen LogP contribution >= 0.6 is 0 Å². The lowest BCUT2D eigenvalue weighted by molar-refractivity contribution is -0.152. The monoisotopic (exact) mass is 519 g/mol. The zero-order valence-electron chi connectivity index (χ0n) is 23.2. The molecule has 0 saturated carbocycles. The molecule has 0 amide bonds. The van der Waals surface area contributed by atoms with E-state index in [2.05, 4.69) is 63.0 Å². The largest absolute Gasteiger partial charge is 0.497 e. The average molecular weight is 520 g/mol. The Morgan fingerprint density at radius 2 is 1.30 bits per heavy atom. The first kappa shape index (κ1) is 28.6. The Balaban J connectivity index is 2.14. The molecule has 0 unspecified atom stereocenters. The highest BCUT2D eigenvalue weighted by Crippen LogP contribution is 2.42. The van der Waals surface area contributed by atoms with Crippen LogP contribution in [0.25, 0.3) is 0 Å². The molecule has 0 heterocycles. The predicted molar refractivity (Wildman–Crippen MR) is 152 cm³/mol. The number of benzene rings is 3. The van der Waals surface area contributed by atoms with Gasteiger partial charge in [0.1, 0.15) is 11.8 Å². The Morgan fingerprint density at radius 3 is 1.70 bits per heavy atom. The molecule has 0 spiro atoms. The summed E-state index contributed by atoms with van der Waals surface area (Å²) in [5.74, 6) is 0.446. The molecule has 0 N–H and O–H groups in total. The molecule has 0 radical (unpaired) electrons. The Kier molecular flexibility index (Phi) is 9.71. The number of hydrogen-bond donors (Lipinski definition) is 0. The summed E-state index contributed by atoms with van der Waals surface area (Å²) in [7, 11) is 0.815. The second kappa shape index (κ2) is 12.5. The van der Waals surface area contributed by atoms with Crippen molar-refractivity contribution in [3.05, 3.63) is 102 Å². The van der Waals surface area contributed by atoms with Gasteiger partial charge in [-0.3, -0.25) is 9.69 Å². The number of methoxy groups -OCH3 is 2. The molecule has 37 heavy (non-hydrogen) atoms. The number of nitrogens with zero attached hydrogens (tertiary/aromatic N) is 1. The van der Waals surface area contributed by atoms with Crippen LogP contribution in [0.5, 0.6) is 5.75 Å². The molecule has 6 heteroatoms. The molecule has 5 nitrogen and oxygen atoms in total. The molecule has 0 fully saturated rings. The van der Waals surface area contributed by atoms with Gasteiger partial charge in [-0.05, 0) is 47.0 Å². The summed E-state index contributed by atoms with van der Waals surface area (Å²) in [6.07, 6.45) is -0.522. The molecular formula is C31H41NO4Si. The summed E-state index contributed by atoms with van der Waals surface area (Å²) in [5, 5.41) is -0.0396. The molecule has 3 rings (SSSR count).